The van der Waals surface area contributed by atoms with E-state index in [9.17, 15) is 0 Å². The van der Waals surface area contributed by atoms with Gasteiger partial charge in [-0.2, -0.15) is 0 Å². The van der Waals surface area contributed by atoms with Crippen LogP contribution in [0.3, 0.4) is 0 Å². The summed E-state index contributed by atoms with van der Waals surface area (Å²) < 4.78 is 0. The molecule has 1 saturated heterocycles. The van der Waals surface area contributed by atoms with Crippen LogP contribution in [-0.4, -0.2) is 19.6 Å². The van der Waals surface area contributed by atoms with Crippen LogP contribution in [-0.2, 0) is 0 Å². The first kappa shape index (κ1) is 14.9. The molecule has 1 heterocycles. The Bertz CT molecular complexity index is 452. The fourth-order valence-corrected chi connectivity index (χ4v) is 4.29. The molecule has 1 aromatic rings. The minimum atomic E-state index is 0.442. The molecule has 1 spiro atoms. The zero-order chi connectivity index (χ0) is 14.7. The molecule has 1 aliphatic carbocycles. The number of nitrogens with zero attached hydrogens (tertiary/aromatic N) is 1. The Kier molecular flexibility index (Phi) is 4.54. The van der Waals surface area contributed by atoms with Gasteiger partial charge < -0.3 is 10.2 Å². The minimum Gasteiger partial charge on any atom is -0.370 e. The third kappa shape index (κ3) is 3.11. The zero-order valence-electron chi connectivity index (χ0n) is 13.7. The average Bonchev–Trinajstić information content (AvgIpc) is 2.72. The lowest BCUT2D eigenvalue weighted by molar-refractivity contribution is 0.180. The first-order valence-electron chi connectivity index (χ1n) is 8.81. The van der Waals surface area contributed by atoms with Gasteiger partial charge in [0.2, 0.25) is 0 Å². The summed E-state index contributed by atoms with van der Waals surface area (Å²) in [7, 11) is 0. The molecule has 0 bridgehead atoms. The van der Waals surface area contributed by atoms with Gasteiger partial charge in [0, 0.05) is 30.2 Å². The lowest BCUT2D eigenvalue weighted by Crippen LogP contribution is -2.56. The SMILES string of the molecule is CCNC(C)c1ccccc1N1CC2(CCCCCC2)C1. The van der Waals surface area contributed by atoms with Crippen molar-refractivity contribution in [1.29, 1.82) is 0 Å². The second kappa shape index (κ2) is 6.39. The van der Waals surface area contributed by atoms with Crippen molar-refractivity contribution in [3.05, 3.63) is 29.8 Å². The van der Waals surface area contributed by atoms with Crippen LogP contribution in [0.2, 0.25) is 0 Å². The van der Waals surface area contributed by atoms with Crippen molar-refractivity contribution in [2.24, 2.45) is 5.41 Å². The molecular formula is C19H30N2. The van der Waals surface area contributed by atoms with E-state index in [1.807, 2.05) is 0 Å². The van der Waals surface area contributed by atoms with Crippen molar-refractivity contribution in [2.75, 3.05) is 24.5 Å². The van der Waals surface area contributed by atoms with Crippen LogP contribution >= 0.6 is 0 Å². The summed E-state index contributed by atoms with van der Waals surface area (Å²) in [5.41, 5.74) is 3.56. The van der Waals surface area contributed by atoms with E-state index in [1.165, 1.54) is 62.9 Å². The topological polar surface area (TPSA) is 15.3 Å². The standard InChI is InChI=1S/C19H30N2/c1-3-20-16(2)17-10-6-7-11-18(17)21-14-19(15-21)12-8-4-5-9-13-19/h6-7,10-11,16,20H,3-5,8-9,12-15H2,1-2H3. The van der Waals surface area contributed by atoms with Crippen molar-refractivity contribution in [2.45, 2.75) is 58.4 Å². The second-order valence-electron chi connectivity index (χ2n) is 7.11. The first-order valence-corrected chi connectivity index (χ1v) is 8.81. The van der Waals surface area contributed by atoms with E-state index in [-0.39, 0.29) is 0 Å². The fourth-order valence-electron chi connectivity index (χ4n) is 4.29. The Balaban J connectivity index is 1.71. The van der Waals surface area contributed by atoms with Gasteiger partial charge in [-0.3, -0.25) is 0 Å². The van der Waals surface area contributed by atoms with Crippen molar-refractivity contribution in [1.82, 2.24) is 5.32 Å². The van der Waals surface area contributed by atoms with E-state index in [0.717, 1.165) is 6.54 Å². The largest absolute Gasteiger partial charge is 0.370 e. The molecule has 0 radical (unpaired) electrons. The molecule has 21 heavy (non-hydrogen) atoms. The predicted octanol–water partition coefficient (Wildman–Crippen LogP) is 4.52. The van der Waals surface area contributed by atoms with Crippen molar-refractivity contribution in [3.8, 4) is 0 Å². The average molecular weight is 286 g/mol. The Morgan fingerprint density at radius 2 is 1.76 bits per heavy atom. The molecule has 0 aromatic heterocycles. The Morgan fingerprint density at radius 1 is 1.10 bits per heavy atom. The van der Waals surface area contributed by atoms with Crippen LogP contribution in [0.25, 0.3) is 0 Å². The molecule has 1 N–H and O–H groups in total. The Hall–Kier alpha value is -1.02. The van der Waals surface area contributed by atoms with Gasteiger partial charge in [0.05, 0.1) is 0 Å². The summed E-state index contributed by atoms with van der Waals surface area (Å²) in [5, 5.41) is 3.56. The monoisotopic (exact) mass is 286 g/mol. The van der Waals surface area contributed by atoms with E-state index in [0.29, 0.717) is 11.5 Å². The minimum absolute atomic E-state index is 0.442. The predicted molar refractivity (Wildman–Crippen MR) is 90.9 cm³/mol. The second-order valence-corrected chi connectivity index (χ2v) is 7.11. The first-order chi connectivity index (χ1) is 10.2. The third-order valence-electron chi connectivity index (χ3n) is 5.47. The molecular weight excluding hydrogens is 256 g/mol. The quantitative estimate of drug-likeness (QED) is 0.875. The van der Waals surface area contributed by atoms with Crippen molar-refractivity contribution >= 4 is 5.69 Å². The lowest BCUT2D eigenvalue weighted by Gasteiger charge is -2.52. The van der Waals surface area contributed by atoms with Gasteiger partial charge in [0.15, 0.2) is 0 Å². The summed E-state index contributed by atoms with van der Waals surface area (Å²) in [5.74, 6) is 0. The van der Waals surface area contributed by atoms with E-state index in [2.05, 4.69) is 48.3 Å². The number of hydrogen-bond acceptors (Lipinski definition) is 2. The fraction of sp³-hybridized carbons (Fsp3) is 0.684. The Morgan fingerprint density at radius 3 is 2.43 bits per heavy atom. The number of hydrogen-bond donors (Lipinski definition) is 1. The van der Waals surface area contributed by atoms with Gasteiger partial charge in [-0.1, -0.05) is 50.8 Å². The molecule has 0 amide bonds. The summed E-state index contributed by atoms with van der Waals surface area (Å²) in [6.07, 6.45) is 8.71. The molecule has 116 valence electrons. The van der Waals surface area contributed by atoms with Gasteiger partial charge in [-0.25, -0.2) is 0 Å². The van der Waals surface area contributed by atoms with Gasteiger partial charge in [0.1, 0.15) is 0 Å². The molecule has 1 atom stereocenters. The molecule has 2 nitrogen and oxygen atoms in total. The normalized spacial score (nSPS) is 22.7. The molecule has 2 aliphatic rings. The molecule has 3 rings (SSSR count). The number of benzene rings is 1. The number of rotatable bonds is 4. The highest BCUT2D eigenvalue weighted by Gasteiger charge is 2.43. The number of nitrogens with one attached hydrogen (secondary N) is 1. The molecule has 2 fully saturated rings. The van der Waals surface area contributed by atoms with E-state index >= 15 is 0 Å². The maximum absolute atomic E-state index is 3.56. The van der Waals surface area contributed by atoms with Crippen LogP contribution < -0.4 is 10.2 Å². The highest BCUT2D eigenvalue weighted by Crippen LogP contribution is 2.45. The smallest absolute Gasteiger partial charge is 0.0415 e. The zero-order valence-corrected chi connectivity index (χ0v) is 13.7. The molecule has 2 heteroatoms. The summed E-state index contributed by atoms with van der Waals surface area (Å²) >= 11 is 0. The van der Waals surface area contributed by atoms with E-state index < -0.39 is 0 Å². The van der Waals surface area contributed by atoms with Crippen LogP contribution in [0.1, 0.15) is 64.0 Å². The molecule has 1 unspecified atom stereocenters. The Labute approximate surface area is 129 Å². The van der Waals surface area contributed by atoms with Gasteiger partial charge in [-0.15, -0.1) is 0 Å². The van der Waals surface area contributed by atoms with Crippen LogP contribution in [0.4, 0.5) is 5.69 Å². The highest BCUT2D eigenvalue weighted by molar-refractivity contribution is 5.57. The third-order valence-corrected chi connectivity index (χ3v) is 5.47. The van der Waals surface area contributed by atoms with Crippen molar-refractivity contribution in [3.63, 3.8) is 0 Å². The van der Waals surface area contributed by atoms with Crippen LogP contribution in [0.15, 0.2) is 24.3 Å². The molecule has 1 aromatic carbocycles. The maximum Gasteiger partial charge on any atom is 0.0415 e. The maximum atomic E-state index is 3.56. The van der Waals surface area contributed by atoms with Crippen LogP contribution in [0, 0.1) is 5.41 Å². The highest BCUT2D eigenvalue weighted by atomic mass is 15.2. The van der Waals surface area contributed by atoms with Crippen LogP contribution in [0.5, 0.6) is 0 Å². The molecule has 1 aliphatic heterocycles. The van der Waals surface area contributed by atoms with Gasteiger partial charge >= 0.3 is 0 Å². The number of para-hydroxylation sites is 1. The summed E-state index contributed by atoms with van der Waals surface area (Å²) in [6, 6.07) is 9.41. The van der Waals surface area contributed by atoms with Crippen molar-refractivity contribution < 1.29 is 0 Å². The summed E-state index contributed by atoms with van der Waals surface area (Å²) in [6.45, 7) is 8.05. The van der Waals surface area contributed by atoms with E-state index in [1.54, 1.807) is 0 Å². The van der Waals surface area contributed by atoms with E-state index in [4.69, 9.17) is 0 Å². The number of anilines is 1. The lowest BCUT2D eigenvalue weighted by atomic mass is 9.73. The van der Waals surface area contributed by atoms with Gasteiger partial charge in [0.25, 0.3) is 0 Å². The molecule has 1 saturated carbocycles. The summed E-state index contributed by atoms with van der Waals surface area (Å²) in [4.78, 5) is 2.62. The van der Waals surface area contributed by atoms with Gasteiger partial charge in [-0.05, 0) is 37.9 Å².